The Bertz CT molecular complexity index is 464. The predicted molar refractivity (Wildman–Crippen MR) is 74.1 cm³/mol. The van der Waals surface area contributed by atoms with E-state index in [0.29, 0.717) is 6.04 Å². The van der Waals surface area contributed by atoms with Gasteiger partial charge < -0.3 is 5.32 Å². The molecule has 1 N–H and O–H groups in total. The van der Waals surface area contributed by atoms with Crippen LogP contribution in [0, 0.1) is 6.92 Å². The number of halogens is 1. The molecule has 2 nitrogen and oxygen atoms in total. The van der Waals surface area contributed by atoms with Gasteiger partial charge in [-0.2, -0.15) is 0 Å². The summed E-state index contributed by atoms with van der Waals surface area (Å²) >= 11 is 6.98. The van der Waals surface area contributed by atoms with E-state index >= 15 is 0 Å². The minimum Gasteiger partial charge on any atom is -0.303 e. The number of nitrogens with zero attached hydrogens (tertiary/aromatic N) is 1. The van der Waals surface area contributed by atoms with Crippen LogP contribution < -0.4 is 5.32 Å². The lowest BCUT2D eigenvalue weighted by molar-refractivity contribution is 0.576. The Hall–Kier alpha value is -0.230. The molecule has 0 aliphatic rings. The van der Waals surface area contributed by atoms with Crippen molar-refractivity contribution in [2.45, 2.75) is 26.4 Å². The molecule has 2 aromatic rings. The van der Waals surface area contributed by atoms with E-state index in [0.717, 1.165) is 16.0 Å². The highest BCUT2D eigenvalue weighted by Gasteiger charge is 2.09. The van der Waals surface area contributed by atoms with Gasteiger partial charge in [0.15, 0.2) is 0 Å². The van der Waals surface area contributed by atoms with Gasteiger partial charge in [0.2, 0.25) is 0 Å². The van der Waals surface area contributed by atoms with Crippen molar-refractivity contribution in [2.24, 2.45) is 0 Å². The predicted octanol–water partition coefficient (Wildman–Crippen LogP) is 4.13. The lowest BCUT2D eigenvalue weighted by Gasteiger charge is -2.09. The normalized spacial score (nSPS) is 12.9. The van der Waals surface area contributed by atoms with Crippen molar-refractivity contribution in [3.63, 3.8) is 0 Å². The molecule has 86 valence electrons. The first-order chi connectivity index (χ1) is 7.65. The van der Waals surface area contributed by atoms with E-state index in [4.69, 9.17) is 0 Å². The molecule has 2 heterocycles. The summed E-state index contributed by atoms with van der Waals surface area (Å²) in [6.45, 7) is 5.14. The Kier molecular flexibility index (Phi) is 4.13. The summed E-state index contributed by atoms with van der Waals surface area (Å²) in [6, 6.07) is 2.47. The molecule has 5 heteroatoms. The summed E-state index contributed by atoms with van der Waals surface area (Å²) in [5.41, 5.74) is 0. The molecule has 0 saturated carbocycles. The van der Waals surface area contributed by atoms with E-state index in [2.05, 4.69) is 51.5 Å². The van der Waals surface area contributed by atoms with E-state index in [1.165, 1.54) is 9.75 Å². The molecule has 0 aromatic carbocycles. The van der Waals surface area contributed by atoms with Gasteiger partial charge in [-0.1, -0.05) is 0 Å². The third-order valence-electron chi connectivity index (χ3n) is 2.21. The highest BCUT2D eigenvalue weighted by atomic mass is 79.9. The smallest absolute Gasteiger partial charge is 0.109 e. The van der Waals surface area contributed by atoms with Gasteiger partial charge in [0, 0.05) is 32.3 Å². The van der Waals surface area contributed by atoms with Crippen LogP contribution in [0.15, 0.2) is 22.1 Å². The number of aryl methyl sites for hydroxylation is 1. The zero-order valence-corrected chi connectivity index (χ0v) is 12.4. The maximum absolute atomic E-state index is 4.38. The molecule has 0 aliphatic carbocycles. The standard InChI is InChI=1S/C11H13BrN2S2/c1-7-4-14-11(16-7)8(2)13-5-10-3-9(12)6-15-10/h3-4,6,8,13H,5H2,1-2H3. The third-order valence-corrected chi connectivity index (χ3v) is 5.01. The number of aromatic nitrogens is 1. The lowest BCUT2D eigenvalue weighted by atomic mass is 10.3. The van der Waals surface area contributed by atoms with Crippen LogP contribution in [0.4, 0.5) is 0 Å². The van der Waals surface area contributed by atoms with Crippen molar-refractivity contribution in [3.8, 4) is 0 Å². The largest absolute Gasteiger partial charge is 0.303 e. The highest BCUT2D eigenvalue weighted by Crippen LogP contribution is 2.22. The molecule has 2 rings (SSSR count). The van der Waals surface area contributed by atoms with Gasteiger partial charge in [-0.15, -0.1) is 22.7 Å². The average molecular weight is 317 g/mol. The maximum Gasteiger partial charge on any atom is 0.109 e. The molecular formula is C11H13BrN2S2. The second-order valence-electron chi connectivity index (χ2n) is 3.64. The number of hydrogen-bond donors (Lipinski definition) is 1. The molecule has 16 heavy (non-hydrogen) atoms. The number of nitrogens with one attached hydrogen (secondary N) is 1. The Morgan fingerprint density at radius 3 is 2.94 bits per heavy atom. The Balaban J connectivity index is 1.91. The lowest BCUT2D eigenvalue weighted by Crippen LogP contribution is -2.17. The zero-order chi connectivity index (χ0) is 11.5. The highest BCUT2D eigenvalue weighted by molar-refractivity contribution is 9.10. The second kappa shape index (κ2) is 5.40. The van der Waals surface area contributed by atoms with Crippen LogP contribution in [-0.2, 0) is 6.54 Å². The SMILES string of the molecule is Cc1cnc(C(C)NCc2cc(Br)cs2)s1. The quantitative estimate of drug-likeness (QED) is 0.917. The van der Waals surface area contributed by atoms with Crippen LogP contribution >= 0.6 is 38.6 Å². The summed E-state index contributed by atoms with van der Waals surface area (Å²) in [4.78, 5) is 6.99. The molecule has 1 unspecified atom stereocenters. The van der Waals surface area contributed by atoms with E-state index in [-0.39, 0.29) is 0 Å². The molecule has 1 atom stereocenters. The van der Waals surface area contributed by atoms with Crippen LogP contribution in [-0.4, -0.2) is 4.98 Å². The number of rotatable bonds is 4. The Morgan fingerprint density at radius 1 is 1.56 bits per heavy atom. The summed E-state index contributed by atoms with van der Waals surface area (Å²) in [7, 11) is 0. The van der Waals surface area contributed by atoms with Gasteiger partial charge in [-0.25, -0.2) is 4.98 Å². The number of thiophene rings is 1. The fourth-order valence-corrected chi connectivity index (χ4v) is 3.56. The molecule has 2 aromatic heterocycles. The number of thiazole rings is 1. The zero-order valence-electron chi connectivity index (χ0n) is 9.16. The van der Waals surface area contributed by atoms with Gasteiger partial charge >= 0.3 is 0 Å². The minimum absolute atomic E-state index is 0.319. The fourth-order valence-electron chi connectivity index (χ4n) is 1.36. The Labute approximate surface area is 112 Å². The van der Waals surface area contributed by atoms with Crippen LogP contribution in [0.25, 0.3) is 0 Å². The first-order valence-electron chi connectivity index (χ1n) is 5.04. The molecule has 0 spiro atoms. The van der Waals surface area contributed by atoms with Crippen molar-refractivity contribution >= 4 is 38.6 Å². The van der Waals surface area contributed by atoms with Crippen molar-refractivity contribution in [2.75, 3.05) is 0 Å². The van der Waals surface area contributed by atoms with Crippen LogP contribution in [0.2, 0.25) is 0 Å². The van der Waals surface area contributed by atoms with Gasteiger partial charge in [-0.05, 0) is 35.8 Å². The van der Waals surface area contributed by atoms with Crippen LogP contribution in [0.1, 0.15) is 27.7 Å². The maximum atomic E-state index is 4.38. The summed E-state index contributed by atoms with van der Waals surface area (Å²) < 4.78 is 1.16. The van der Waals surface area contributed by atoms with Gasteiger partial charge in [0.1, 0.15) is 5.01 Å². The Morgan fingerprint density at radius 2 is 2.38 bits per heavy atom. The third kappa shape index (κ3) is 3.13. The molecule has 0 aliphatic heterocycles. The van der Waals surface area contributed by atoms with Crippen LogP contribution in [0.5, 0.6) is 0 Å². The summed E-state index contributed by atoms with van der Waals surface area (Å²) in [5.74, 6) is 0. The molecule has 0 amide bonds. The van der Waals surface area contributed by atoms with E-state index in [1.54, 1.807) is 22.7 Å². The van der Waals surface area contributed by atoms with Gasteiger partial charge in [-0.3, -0.25) is 0 Å². The topological polar surface area (TPSA) is 24.9 Å². The van der Waals surface area contributed by atoms with Crippen molar-refractivity contribution in [3.05, 3.63) is 36.9 Å². The molecule has 0 fully saturated rings. The first kappa shape index (κ1) is 12.2. The summed E-state index contributed by atoms with van der Waals surface area (Å²) in [5, 5.41) is 6.75. The molecule has 0 bridgehead atoms. The monoisotopic (exact) mass is 316 g/mol. The van der Waals surface area contributed by atoms with E-state index in [1.807, 2.05) is 6.20 Å². The van der Waals surface area contributed by atoms with Gasteiger partial charge in [0.05, 0.1) is 6.04 Å². The number of hydrogen-bond acceptors (Lipinski definition) is 4. The second-order valence-corrected chi connectivity index (χ2v) is 6.82. The molecule has 0 saturated heterocycles. The van der Waals surface area contributed by atoms with E-state index in [9.17, 15) is 0 Å². The average Bonchev–Trinajstić information content (AvgIpc) is 2.84. The summed E-state index contributed by atoms with van der Waals surface area (Å²) in [6.07, 6.45) is 1.93. The van der Waals surface area contributed by atoms with Crippen molar-refractivity contribution < 1.29 is 0 Å². The van der Waals surface area contributed by atoms with Gasteiger partial charge in [0.25, 0.3) is 0 Å². The van der Waals surface area contributed by atoms with Crippen LogP contribution in [0.3, 0.4) is 0 Å². The van der Waals surface area contributed by atoms with Crippen molar-refractivity contribution in [1.29, 1.82) is 0 Å². The van der Waals surface area contributed by atoms with E-state index < -0.39 is 0 Å². The fraction of sp³-hybridized carbons (Fsp3) is 0.364. The van der Waals surface area contributed by atoms with Crippen molar-refractivity contribution in [1.82, 2.24) is 10.3 Å². The molecule has 0 radical (unpaired) electrons. The minimum atomic E-state index is 0.319. The first-order valence-corrected chi connectivity index (χ1v) is 7.52. The molecular weight excluding hydrogens is 304 g/mol.